The highest BCUT2D eigenvalue weighted by atomic mass is 16.1. The summed E-state index contributed by atoms with van der Waals surface area (Å²) in [6.45, 7) is 2.07. The number of nitrogens with one attached hydrogen (secondary N) is 1. The summed E-state index contributed by atoms with van der Waals surface area (Å²) in [5.74, 6) is 0.173. The number of rotatable bonds is 1. The third kappa shape index (κ3) is 1.72. The van der Waals surface area contributed by atoms with Crippen LogP contribution in [0.2, 0.25) is 0 Å². The molecule has 1 heterocycles. The van der Waals surface area contributed by atoms with Crippen molar-refractivity contribution in [3.63, 3.8) is 0 Å². The van der Waals surface area contributed by atoms with E-state index < -0.39 is 0 Å². The predicted octanol–water partition coefficient (Wildman–Crippen LogP) is 1.95. The molecule has 68 valence electrons. The first-order valence-corrected chi connectivity index (χ1v) is 4.61. The molecule has 1 atom stereocenters. The topological polar surface area (TPSA) is 29.1 Å². The maximum absolute atomic E-state index is 11.0. The van der Waals surface area contributed by atoms with E-state index in [-0.39, 0.29) is 11.9 Å². The SMILES string of the molecule is Cc1cccc([C@@H]2CCC(=O)N2)c1. The van der Waals surface area contributed by atoms with E-state index in [1.807, 2.05) is 6.07 Å². The highest BCUT2D eigenvalue weighted by Crippen LogP contribution is 2.23. The lowest BCUT2D eigenvalue weighted by Crippen LogP contribution is -2.18. The highest BCUT2D eigenvalue weighted by molar-refractivity contribution is 5.78. The van der Waals surface area contributed by atoms with Crippen molar-refractivity contribution in [2.24, 2.45) is 0 Å². The van der Waals surface area contributed by atoms with Crippen LogP contribution in [0.3, 0.4) is 0 Å². The van der Waals surface area contributed by atoms with Gasteiger partial charge in [-0.15, -0.1) is 0 Å². The standard InChI is InChI=1S/C11H13NO/c1-8-3-2-4-9(7-8)10-5-6-11(13)12-10/h2-4,7,10H,5-6H2,1H3,(H,12,13)/t10-/m0/s1. The first-order chi connectivity index (χ1) is 6.25. The summed E-state index contributed by atoms with van der Waals surface area (Å²) in [4.78, 5) is 11.0. The molecule has 0 unspecified atom stereocenters. The van der Waals surface area contributed by atoms with Crippen molar-refractivity contribution in [1.82, 2.24) is 5.32 Å². The summed E-state index contributed by atoms with van der Waals surface area (Å²) in [5.41, 5.74) is 2.48. The number of hydrogen-bond donors (Lipinski definition) is 1. The molecule has 2 nitrogen and oxygen atoms in total. The van der Waals surface area contributed by atoms with Gasteiger partial charge in [0.25, 0.3) is 0 Å². The molecule has 1 fully saturated rings. The Hall–Kier alpha value is -1.31. The molecule has 0 aromatic heterocycles. The van der Waals surface area contributed by atoms with Crippen LogP contribution >= 0.6 is 0 Å². The van der Waals surface area contributed by atoms with E-state index in [9.17, 15) is 4.79 Å². The molecule has 1 aliphatic heterocycles. The number of carbonyl (C=O) groups excluding carboxylic acids is 1. The zero-order valence-electron chi connectivity index (χ0n) is 7.71. The molecule has 0 bridgehead atoms. The summed E-state index contributed by atoms with van der Waals surface area (Å²) >= 11 is 0. The summed E-state index contributed by atoms with van der Waals surface area (Å²) in [7, 11) is 0. The van der Waals surface area contributed by atoms with Crippen LogP contribution in [0, 0.1) is 6.92 Å². The second-order valence-electron chi connectivity index (χ2n) is 3.57. The first kappa shape index (κ1) is 8.30. The fourth-order valence-electron chi connectivity index (χ4n) is 1.75. The normalized spacial score (nSPS) is 21.6. The smallest absolute Gasteiger partial charge is 0.220 e. The van der Waals surface area contributed by atoms with Crippen molar-refractivity contribution in [1.29, 1.82) is 0 Å². The van der Waals surface area contributed by atoms with Crippen LogP contribution in [0.5, 0.6) is 0 Å². The molecular formula is C11H13NO. The van der Waals surface area contributed by atoms with Gasteiger partial charge in [-0.1, -0.05) is 29.8 Å². The first-order valence-electron chi connectivity index (χ1n) is 4.61. The number of hydrogen-bond acceptors (Lipinski definition) is 1. The molecule has 13 heavy (non-hydrogen) atoms. The Morgan fingerprint density at radius 3 is 2.92 bits per heavy atom. The lowest BCUT2D eigenvalue weighted by molar-refractivity contribution is -0.119. The van der Waals surface area contributed by atoms with Gasteiger partial charge in [0.15, 0.2) is 0 Å². The minimum absolute atomic E-state index is 0.173. The Morgan fingerprint density at radius 1 is 1.46 bits per heavy atom. The predicted molar refractivity (Wildman–Crippen MR) is 51.3 cm³/mol. The Labute approximate surface area is 78.0 Å². The monoisotopic (exact) mass is 175 g/mol. The van der Waals surface area contributed by atoms with E-state index in [4.69, 9.17) is 0 Å². The van der Waals surface area contributed by atoms with Gasteiger partial charge >= 0.3 is 0 Å². The van der Waals surface area contributed by atoms with Gasteiger partial charge in [0.05, 0.1) is 6.04 Å². The lowest BCUT2D eigenvalue weighted by atomic mass is 10.0. The molecule has 2 rings (SSSR count). The van der Waals surface area contributed by atoms with E-state index in [0.717, 1.165) is 6.42 Å². The molecule has 1 amide bonds. The Kier molecular flexibility index (Phi) is 2.05. The Balaban J connectivity index is 2.21. The van der Waals surface area contributed by atoms with Crippen LogP contribution in [0.4, 0.5) is 0 Å². The van der Waals surface area contributed by atoms with E-state index in [2.05, 4.69) is 30.4 Å². The van der Waals surface area contributed by atoms with Crippen molar-refractivity contribution < 1.29 is 4.79 Å². The molecule has 2 heteroatoms. The van der Waals surface area contributed by atoms with E-state index in [1.165, 1.54) is 11.1 Å². The minimum atomic E-state index is 0.173. The van der Waals surface area contributed by atoms with Gasteiger partial charge in [-0.2, -0.15) is 0 Å². The fraction of sp³-hybridized carbons (Fsp3) is 0.364. The lowest BCUT2D eigenvalue weighted by Gasteiger charge is -2.10. The Morgan fingerprint density at radius 2 is 2.31 bits per heavy atom. The molecular weight excluding hydrogens is 162 g/mol. The quantitative estimate of drug-likeness (QED) is 0.694. The summed E-state index contributed by atoms with van der Waals surface area (Å²) in [6.07, 6.45) is 1.60. The summed E-state index contributed by atoms with van der Waals surface area (Å²) in [6, 6.07) is 8.56. The third-order valence-corrected chi connectivity index (χ3v) is 2.44. The van der Waals surface area contributed by atoms with Crippen LogP contribution in [0.1, 0.15) is 30.0 Å². The van der Waals surface area contributed by atoms with Crippen LogP contribution < -0.4 is 5.32 Å². The van der Waals surface area contributed by atoms with Gasteiger partial charge in [-0.05, 0) is 18.9 Å². The summed E-state index contributed by atoms with van der Waals surface area (Å²) in [5, 5.41) is 2.96. The second-order valence-corrected chi connectivity index (χ2v) is 3.57. The van der Waals surface area contributed by atoms with Gasteiger partial charge in [0.2, 0.25) is 5.91 Å². The zero-order chi connectivity index (χ0) is 9.26. The average Bonchev–Trinajstić information content (AvgIpc) is 2.52. The number of carbonyl (C=O) groups is 1. The van der Waals surface area contributed by atoms with E-state index in [1.54, 1.807) is 0 Å². The fourth-order valence-corrected chi connectivity index (χ4v) is 1.75. The molecule has 1 aliphatic rings. The third-order valence-electron chi connectivity index (χ3n) is 2.44. The molecule has 1 aromatic carbocycles. The molecule has 0 spiro atoms. The van der Waals surface area contributed by atoms with Gasteiger partial charge in [0.1, 0.15) is 0 Å². The average molecular weight is 175 g/mol. The Bertz CT molecular complexity index is 333. The molecule has 1 aromatic rings. The van der Waals surface area contributed by atoms with Gasteiger partial charge < -0.3 is 5.32 Å². The summed E-state index contributed by atoms with van der Waals surface area (Å²) < 4.78 is 0. The van der Waals surface area contributed by atoms with Gasteiger partial charge in [0, 0.05) is 6.42 Å². The van der Waals surface area contributed by atoms with Crippen molar-refractivity contribution in [2.75, 3.05) is 0 Å². The highest BCUT2D eigenvalue weighted by Gasteiger charge is 2.21. The van der Waals surface area contributed by atoms with E-state index >= 15 is 0 Å². The maximum atomic E-state index is 11.0. The number of amides is 1. The molecule has 1 N–H and O–H groups in total. The van der Waals surface area contributed by atoms with Gasteiger partial charge in [-0.3, -0.25) is 4.79 Å². The van der Waals surface area contributed by atoms with Crippen LogP contribution in [0.15, 0.2) is 24.3 Å². The number of aryl methyl sites for hydroxylation is 1. The van der Waals surface area contributed by atoms with Crippen molar-refractivity contribution in [2.45, 2.75) is 25.8 Å². The van der Waals surface area contributed by atoms with Crippen LogP contribution in [-0.2, 0) is 4.79 Å². The van der Waals surface area contributed by atoms with Crippen LogP contribution in [0.25, 0.3) is 0 Å². The number of benzene rings is 1. The molecule has 0 aliphatic carbocycles. The van der Waals surface area contributed by atoms with Crippen molar-refractivity contribution in [3.05, 3.63) is 35.4 Å². The van der Waals surface area contributed by atoms with Crippen LogP contribution in [-0.4, -0.2) is 5.91 Å². The second kappa shape index (κ2) is 3.21. The largest absolute Gasteiger partial charge is 0.349 e. The van der Waals surface area contributed by atoms with Gasteiger partial charge in [-0.25, -0.2) is 0 Å². The minimum Gasteiger partial charge on any atom is -0.349 e. The molecule has 0 radical (unpaired) electrons. The molecule has 0 saturated carbocycles. The van der Waals surface area contributed by atoms with Crippen molar-refractivity contribution in [3.8, 4) is 0 Å². The molecule has 1 saturated heterocycles. The zero-order valence-corrected chi connectivity index (χ0v) is 7.71. The van der Waals surface area contributed by atoms with E-state index in [0.29, 0.717) is 6.42 Å². The van der Waals surface area contributed by atoms with Crippen molar-refractivity contribution >= 4 is 5.91 Å². The maximum Gasteiger partial charge on any atom is 0.220 e.